The van der Waals surface area contributed by atoms with Gasteiger partial charge < -0.3 is 9.32 Å². The fourth-order valence-corrected chi connectivity index (χ4v) is 3.37. The summed E-state index contributed by atoms with van der Waals surface area (Å²) in [5.74, 6) is 1.62. The Hall–Kier alpha value is -2.10. The molecule has 0 unspecified atom stereocenters. The summed E-state index contributed by atoms with van der Waals surface area (Å²) < 4.78 is 5.78. The molecule has 1 fully saturated rings. The highest BCUT2D eigenvalue weighted by Crippen LogP contribution is 2.24. The molecule has 0 bridgehead atoms. The van der Waals surface area contributed by atoms with Crippen LogP contribution in [0.4, 0.5) is 0 Å². The minimum Gasteiger partial charge on any atom is -0.441 e. The Morgan fingerprint density at radius 1 is 1.26 bits per heavy atom. The predicted molar refractivity (Wildman–Crippen MR) is 89.9 cm³/mol. The highest BCUT2D eigenvalue weighted by atomic mass is 16.4. The van der Waals surface area contributed by atoms with Gasteiger partial charge in [-0.2, -0.15) is 0 Å². The van der Waals surface area contributed by atoms with E-state index in [0.29, 0.717) is 24.8 Å². The van der Waals surface area contributed by atoms with E-state index in [-0.39, 0.29) is 5.91 Å². The Balaban J connectivity index is 1.57. The van der Waals surface area contributed by atoms with Gasteiger partial charge in [-0.3, -0.25) is 4.79 Å². The molecule has 2 aromatic rings. The molecule has 23 heavy (non-hydrogen) atoms. The Morgan fingerprint density at radius 2 is 2.00 bits per heavy atom. The molecule has 3 rings (SSSR count). The maximum Gasteiger partial charge on any atom is 0.223 e. The van der Waals surface area contributed by atoms with E-state index in [2.05, 4.69) is 11.9 Å². The Labute approximate surface area is 137 Å². The van der Waals surface area contributed by atoms with Crippen LogP contribution in [-0.2, 0) is 11.2 Å². The van der Waals surface area contributed by atoms with E-state index in [0.717, 1.165) is 30.7 Å². The third kappa shape index (κ3) is 3.81. The Kier molecular flexibility index (Phi) is 5.11. The average molecular weight is 312 g/mol. The van der Waals surface area contributed by atoms with Gasteiger partial charge in [-0.25, -0.2) is 4.98 Å². The fourth-order valence-electron chi connectivity index (χ4n) is 3.37. The molecule has 1 aliphatic carbocycles. The topological polar surface area (TPSA) is 46.3 Å². The third-order valence-corrected chi connectivity index (χ3v) is 4.59. The van der Waals surface area contributed by atoms with E-state index < -0.39 is 0 Å². The van der Waals surface area contributed by atoms with E-state index in [9.17, 15) is 4.79 Å². The molecular formula is C19H24N2O2. The number of rotatable bonds is 6. The molecule has 0 atom stereocenters. The molecule has 4 nitrogen and oxygen atoms in total. The molecule has 0 saturated heterocycles. The first kappa shape index (κ1) is 15.8. The smallest absolute Gasteiger partial charge is 0.223 e. The highest BCUT2D eigenvalue weighted by Gasteiger charge is 2.25. The summed E-state index contributed by atoms with van der Waals surface area (Å²) in [5.41, 5.74) is 1.01. The van der Waals surface area contributed by atoms with Crippen molar-refractivity contribution in [1.29, 1.82) is 0 Å². The van der Waals surface area contributed by atoms with Gasteiger partial charge in [0.05, 0.1) is 6.20 Å². The monoisotopic (exact) mass is 312 g/mol. The Bertz CT molecular complexity index is 630. The van der Waals surface area contributed by atoms with Gasteiger partial charge in [0.2, 0.25) is 5.91 Å². The summed E-state index contributed by atoms with van der Waals surface area (Å²) >= 11 is 0. The van der Waals surface area contributed by atoms with Gasteiger partial charge in [-0.15, -0.1) is 0 Å². The quantitative estimate of drug-likeness (QED) is 0.808. The van der Waals surface area contributed by atoms with Crippen LogP contribution in [0.1, 0.15) is 44.9 Å². The van der Waals surface area contributed by atoms with Crippen molar-refractivity contribution >= 4 is 5.91 Å². The molecule has 1 aliphatic rings. The first-order valence-corrected chi connectivity index (χ1v) is 8.57. The maximum absolute atomic E-state index is 12.5. The number of nitrogens with zero attached hydrogens (tertiary/aromatic N) is 2. The van der Waals surface area contributed by atoms with Gasteiger partial charge in [0.15, 0.2) is 11.7 Å². The summed E-state index contributed by atoms with van der Waals surface area (Å²) in [6.45, 7) is 2.86. The molecule has 1 heterocycles. The predicted octanol–water partition coefficient (Wildman–Crippen LogP) is 4.07. The van der Waals surface area contributed by atoms with E-state index in [4.69, 9.17) is 4.42 Å². The number of oxazole rings is 1. The van der Waals surface area contributed by atoms with E-state index >= 15 is 0 Å². The molecule has 0 aliphatic heterocycles. The molecule has 1 amide bonds. The lowest BCUT2D eigenvalue weighted by Gasteiger charge is -2.27. The van der Waals surface area contributed by atoms with E-state index in [1.807, 2.05) is 35.2 Å². The van der Waals surface area contributed by atoms with Crippen molar-refractivity contribution < 1.29 is 9.21 Å². The van der Waals surface area contributed by atoms with Crippen LogP contribution in [0.15, 0.2) is 40.9 Å². The first-order valence-electron chi connectivity index (χ1n) is 8.57. The maximum atomic E-state index is 12.5. The molecule has 4 heteroatoms. The second kappa shape index (κ2) is 7.44. The lowest BCUT2D eigenvalue weighted by atomic mass is 10.2. The van der Waals surface area contributed by atoms with Crippen LogP contribution in [0, 0.1) is 0 Å². The number of hydrogen-bond acceptors (Lipinski definition) is 3. The van der Waals surface area contributed by atoms with Crippen LogP contribution in [-0.4, -0.2) is 28.4 Å². The van der Waals surface area contributed by atoms with Crippen LogP contribution in [0.5, 0.6) is 0 Å². The molecule has 122 valence electrons. The van der Waals surface area contributed by atoms with Crippen molar-refractivity contribution in [3.05, 3.63) is 42.4 Å². The van der Waals surface area contributed by atoms with Crippen molar-refractivity contribution in [2.24, 2.45) is 0 Å². The van der Waals surface area contributed by atoms with Crippen LogP contribution in [0.25, 0.3) is 11.3 Å². The summed E-state index contributed by atoms with van der Waals surface area (Å²) in [6, 6.07) is 10.4. The molecular weight excluding hydrogens is 288 g/mol. The van der Waals surface area contributed by atoms with Crippen molar-refractivity contribution in [2.75, 3.05) is 6.54 Å². The molecule has 1 aromatic heterocycles. The van der Waals surface area contributed by atoms with Crippen LogP contribution < -0.4 is 0 Å². The largest absolute Gasteiger partial charge is 0.441 e. The molecule has 1 aromatic carbocycles. The van der Waals surface area contributed by atoms with Gasteiger partial charge in [0.25, 0.3) is 0 Å². The fraction of sp³-hybridized carbons (Fsp3) is 0.474. The highest BCUT2D eigenvalue weighted by molar-refractivity contribution is 5.76. The molecule has 1 saturated carbocycles. The first-order chi connectivity index (χ1) is 11.3. The number of carbonyl (C=O) groups is 1. The minimum absolute atomic E-state index is 0.221. The van der Waals surface area contributed by atoms with Crippen molar-refractivity contribution in [3.8, 4) is 11.3 Å². The molecule has 0 N–H and O–H groups in total. The van der Waals surface area contributed by atoms with Crippen molar-refractivity contribution in [1.82, 2.24) is 9.88 Å². The average Bonchev–Trinajstić information content (AvgIpc) is 3.26. The van der Waals surface area contributed by atoms with E-state index in [1.54, 1.807) is 6.20 Å². The third-order valence-electron chi connectivity index (χ3n) is 4.59. The minimum atomic E-state index is 0.221. The van der Waals surface area contributed by atoms with Crippen LogP contribution in [0.2, 0.25) is 0 Å². The Morgan fingerprint density at radius 3 is 2.70 bits per heavy atom. The zero-order chi connectivity index (χ0) is 16.1. The number of amides is 1. The zero-order valence-electron chi connectivity index (χ0n) is 13.7. The summed E-state index contributed by atoms with van der Waals surface area (Å²) in [7, 11) is 0. The van der Waals surface area contributed by atoms with Gasteiger partial charge in [0, 0.05) is 31.0 Å². The standard InChI is InChI=1S/C19H24N2O2/c1-2-21(16-10-6-7-11-16)19(22)13-12-18-20-14-17(23-18)15-8-4-3-5-9-15/h3-5,8-9,14,16H,2,6-7,10-13H2,1H3. The van der Waals surface area contributed by atoms with Crippen molar-refractivity contribution in [2.45, 2.75) is 51.5 Å². The SMILES string of the molecule is CCN(C(=O)CCc1ncc(-c2ccccc2)o1)C1CCCC1. The summed E-state index contributed by atoms with van der Waals surface area (Å²) in [6.07, 6.45) is 7.56. The van der Waals surface area contributed by atoms with Gasteiger partial charge in [-0.05, 0) is 19.8 Å². The second-order valence-corrected chi connectivity index (χ2v) is 6.10. The molecule has 0 spiro atoms. The van der Waals surface area contributed by atoms with Gasteiger partial charge in [-0.1, -0.05) is 43.2 Å². The number of carbonyl (C=O) groups excluding carboxylic acids is 1. The number of hydrogen-bond donors (Lipinski definition) is 0. The molecule has 0 radical (unpaired) electrons. The number of aryl methyl sites for hydroxylation is 1. The second-order valence-electron chi connectivity index (χ2n) is 6.10. The van der Waals surface area contributed by atoms with Gasteiger partial charge in [0.1, 0.15) is 0 Å². The van der Waals surface area contributed by atoms with Gasteiger partial charge >= 0.3 is 0 Å². The number of benzene rings is 1. The summed E-state index contributed by atoms with van der Waals surface area (Å²) in [5, 5.41) is 0. The normalized spacial score (nSPS) is 15.0. The number of aromatic nitrogens is 1. The van der Waals surface area contributed by atoms with E-state index in [1.165, 1.54) is 12.8 Å². The lowest BCUT2D eigenvalue weighted by molar-refractivity contribution is -0.133. The zero-order valence-corrected chi connectivity index (χ0v) is 13.7. The lowest BCUT2D eigenvalue weighted by Crippen LogP contribution is -2.38. The van der Waals surface area contributed by atoms with Crippen molar-refractivity contribution in [3.63, 3.8) is 0 Å². The van der Waals surface area contributed by atoms with Crippen LogP contribution in [0.3, 0.4) is 0 Å². The van der Waals surface area contributed by atoms with Crippen LogP contribution >= 0.6 is 0 Å². The summed E-state index contributed by atoms with van der Waals surface area (Å²) in [4.78, 5) is 18.8.